The number of benzene rings is 2. The van der Waals surface area contributed by atoms with Gasteiger partial charge in [-0.15, -0.1) is 0 Å². The third-order valence-corrected chi connectivity index (χ3v) is 5.51. The van der Waals surface area contributed by atoms with Crippen LogP contribution in [0.1, 0.15) is 22.4 Å². The number of H-pyrrole nitrogens is 1. The maximum atomic E-state index is 13.2. The number of halogens is 1. The molecular weight excluding hydrogens is 348 g/mol. The van der Waals surface area contributed by atoms with Crippen LogP contribution in [-0.4, -0.2) is 23.5 Å². The van der Waals surface area contributed by atoms with Gasteiger partial charge in [0.25, 0.3) is 0 Å². The minimum absolute atomic E-state index is 0.0148. The maximum absolute atomic E-state index is 13.2. The molecule has 2 heterocycles. The largest absolute Gasteiger partial charge is 0.495 e. The highest BCUT2D eigenvalue weighted by Crippen LogP contribution is 2.29. The van der Waals surface area contributed by atoms with E-state index in [2.05, 4.69) is 34.1 Å². The Bertz CT molecular complexity index is 1040. The number of aromatic nitrogens is 1. The van der Waals surface area contributed by atoms with Gasteiger partial charge < -0.3 is 9.72 Å². The summed E-state index contributed by atoms with van der Waals surface area (Å²) in [7, 11) is 1.59. The van der Waals surface area contributed by atoms with Crippen molar-refractivity contribution < 1.29 is 4.74 Å². The number of nitrogens with one attached hydrogen (secondary N) is 1. The SMILES string of the molecule is COc1ccc(Cl)c2c(=O)c(CN3CCc4ccccc4C3)c(C)[nH]c12. The monoisotopic (exact) mass is 368 g/mol. The first-order valence-electron chi connectivity index (χ1n) is 8.75. The summed E-state index contributed by atoms with van der Waals surface area (Å²) in [5.41, 5.74) is 5.03. The van der Waals surface area contributed by atoms with Crippen molar-refractivity contribution in [3.8, 4) is 5.75 Å². The zero-order chi connectivity index (χ0) is 18.3. The molecule has 0 saturated carbocycles. The van der Waals surface area contributed by atoms with Gasteiger partial charge in [-0.25, -0.2) is 0 Å². The summed E-state index contributed by atoms with van der Waals surface area (Å²) in [5.74, 6) is 0.628. The Labute approximate surface area is 157 Å². The van der Waals surface area contributed by atoms with Gasteiger partial charge in [0.15, 0.2) is 5.43 Å². The summed E-state index contributed by atoms with van der Waals surface area (Å²) in [6.07, 6.45) is 1.01. The molecule has 0 aliphatic carbocycles. The Morgan fingerprint density at radius 1 is 1.19 bits per heavy atom. The summed E-state index contributed by atoms with van der Waals surface area (Å²) in [6.45, 7) is 4.35. The van der Waals surface area contributed by atoms with Gasteiger partial charge in [0.2, 0.25) is 0 Å². The van der Waals surface area contributed by atoms with Gasteiger partial charge in [-0.05, 0) is 36.6 Å². The van der Waals surface area contributed by atoms with Crippen LogP contribution >= 0.6 is 11.6 Å². The van der Waals surface area contributed by atoms with Gasteiger partial charge in [-0.2, -0.15) is 0 Å². The highest BCUT2D eigenvalue weighted by molar-refractivity contribution is 6.35. The van der Waals surface area contributed by atoms with Crippen LogP contribution in [0.15, 0.2) is 41.2 Å². The van der Waals surface area contributed by atoms with Crippen molar-refractivity contribution in [2.75, 3.05) is 13.7 Å². The number of aryl methyl sites for hydroxylation is 1. The van der Waals surface area contributed by atoms with Crippen LogP contribution < -0.4 is 10.2 Å². The molecule has 0 radical (unpaired) electrons. The van der Waals surface area contributed by atoms with E-state index in [1.54, 1.807) is 19.2 Å². The van der Waals surface area contributed by atoms with Crippen molar-refractivity contribution in [3.63, 3.8) is 0 Å². The lowest BCUT2D eigenvalue weighted by Gasteiger charge is -2.29. The average Bonchev–Trinajstić information content (AvgIpc) is 2.65. The van der Waals surface area contributed by atoms with Crippen molar-refractivity contribution in [1.82, 2.24) is 9.88 Å². The molecule has 4 nitrogen and oxygen atoms in total. The van der Waals surface area contributed by atoms with E-state index in [0.717, 1.165) is 30.8 Å². The fourth-order valence-corrected chi connectivity index (χ4v) is 4.00. The van der Waals surface area contributed by atoms with Crippen molar-refractivity contribution in [2.24, 2.45) is 0 Å². The average molecular weight is 369 g/mol. The lowest BCUT2D eigenvalue weighted by atomic mass is 9.99. The number of fused-ring (bicyclic) bond motifs is 2. The van der Waals surface area contributed by atoms with E-state index in [9.17, 15) is 4.79 Å². The predicted molar refractivity (Wildman–Crippen MR) is 105 cm³/mol. The first-order chi connectivity index (χ1) is 12.6. The standard InChI is InChI=1S/C21H21ClN2O2/c1-13-16(12-24-10-9-14-5-3-4-6-15(14)11-24)21(25)19-17(22)7-8-18(26-2)20(19)23-13/h3-8H,9-12H2,1-2H3,(H,23,25). The lowest BCUT2D eigenvalue weighted by molar-refractivity contribution is 0.244. The molecule has 1 N–H and O–H groups in total. The molecule has 0 saturated heterocycles. The molecule has 1 aliphatic heterocycles. The fourth-order valence-electron chi connectivity index (χ4n) is 3.76. The molecule has 0 spiro atoms. The van der Waals surface area contributed by atoms with Gasteiger partial charge in [0.05, 0.1) is 23.0 Å². The molecule has 134 valence electrons. The van der Waals surface area contributed by atoms with E-state index in [-0.39, 0.29) is 5.43 Å². The Balaban J connectivity index is 1.74. The summed E-state index contributed by atoms with van der Waals surface area (Å²) >= 11 is 6.34. The molecule has 0 unspecified atom stereocenters. The van der Waals surface area contributed by atoms with Crippen LogP contribution in [0, 0.1) is 6.92 Å². The number of ether oxygens (including phenoxy) is 1. The normalized spacial score (nSPS) is 14.4. The Hall–Kier alpha value is -2.30. The molecule has 1 aliphatic rings. The van der Waals surface area contributed by atoms with Crippen LogP contribution in [0.2, 0.25) is 5.02 Å². The van der Waals surface area contributed by atoms with E-state index in [4.69, 9.17) is 16.3 Å². The van der Waals surface area contributed by atoms with Crippen LogP contribution in [-0.2, 0) is 19.5 Å². The molecule has 2 aromatic carbocycles. The zero-order valence-electron chi connectivity index (χ0n) is 14.9. The molecule has 3 aromatic rings. The molecule has 0 bridgehead atoms. The highest BCUT2D eigenvalue weighted by atomic mass is 35.5. The van der Waals surface area contributed by atoms with Gasteiger partial charge in [-0.3, -0.25) is 9.69 Å². The molecule has 4 rings (SSSR count). The molecule has 1 aromatic heterocycles. The van der Waals surface area contributed by atoms with Crippen molar-refractivity contribution in [1.29, 1.82) is 0 Å². The Morgan fingerprint density at radius 3 is 2.73 bits per heavy atom. The second kappa shape index (κ2) is 6.78. The number of nitrogens with zero attached hydrogens (tertiary/aromatic N) is 1. The Morgan fingerprint density at radius 2 is 1.96 bits per heavy atom. The van der Waals surface area contributed by atoms with Gasteiger partial charge in [0.1, 0.15) is 5.75 Å². The van der Waals surface area contributed by atoms with Gasteiger partial charge in [0, 0.05) is 30.9 Å². The third kappa shape index (κ3) is 2.89. The second-order valence-electron chi connectivity index (χ2n) is 6.79. The van der Waals surface area contributed by atoms with Crippen molar-refractivity contribution in [3.05, 3.63) is 74.0 Å². The summed E-state index contributed by atoms with van der Waals surface area (Å²) in [4.78, 5) is 18.8. The molecule has 0 fully saturated rings. The smallest absolute Gasteiger partial charge is 0.195 e. The molecule has 0 amide bonds. The number of hydrogen-bond donors (Lipinski definition) is 1. The number of hydrogen-bond acceptors (Lipinski definition) is 3. The summed E-state index contributed by atoms with van der Waals surface area (Å²) < 4.78 is 5.38. The first-order valence-corrected chi connectivity index (χ1v) is 9.13. The van der Waals surface area contributed by atoms with Crippen molar-refractivity contribution >= 4 is 22.5 Å². The molecule has 0 atom stereocenters. The van der Waals surface area contributed by atoms with E-state index >= 15 is 0 Å². The van der Waals surface area contributed by atoms with Crippen LogP contribution in [0.25, 0.3) is 10.9 Å². The van der Waals surface area contributed by atoms with Gasteiger partial charge in [-0.1, -0.05) is 35.9 Å². The second-order valence-corrected chi connectivity index (χ2v) is 7.19. The number of aromatic amines is 1. The van der Waals surface area contributed by atoms with E-state index in [1.807, 2.05) is 6.92 Å². The molecule has 5 heteroatoms. The van der Waals surface area contributed by atoms with E-state index in [0.29, 0.717) is 28.2 Å². The third-order valence-electron chi connectivity index (χ3n) is 5.19. The predicted octanol–water partition coefficient (Wildman–Crippen LogP) is 4.06. The first kappa shape index (κ1) is 17.1. The topological polar surface area (TPSA) is 45.3 Å². The fraction of sp³-hybridized carbons (Fsp3) is 0.286. The summed E-state index contributed by atoms with van der Waals surface area (Å²) in [6, 6.07) is 12.0. The van der Waals surface area contributed by atoms with E-state index in [1.165, 1.54) is 11.1 Å². The van der Waals surface area contributed by atoms with Gasteiger partial charge >= 0.3 is 0 Å². The number of methoxy groups -OCH3 is 1. The summed E-state index contributed by atoms with van der Waals surface area (Å²) in [5, 5.41) is 0.955. The lowest BCUT2D eigenvalue weighted by Crippen LogP contribution is -2.32. The van der Waals surface area contributed by atoms with Crippen LogP contribution in [0.4, 0.5) is 0 Å². The number of rotatable bonds is 3. The van der Waals surface area contributed by atoms with Crippen LogP contribution in [0.5, 0.6) is 5.75 Å². The minimum Gasteiger partial charge on any atom is -0.495 e. The number of pyridine rings is 1. The molecular formula is C21H21ClN2O2. The highest BCUT2D eigenvalue weighted by Gasteiger charge is 2.20. The van der Waals surface area contributed by atoms with Crippen molar-refractivity contribution in [2.45, 2.75) is 26.4 Å². The zero-order valence-corrected chi connectivity index (χ0v) is 15.7. The minimum atomic E-state index is -0.0148. The van der Waals surface area contributed by atoms with E-state index < -0.39 is 0 Å². The molecule has 26 heavy (non-hydrogen) atoms. The van der Waals surface area contributed by atoms with Crippen LogP contribution in [0.3, 0.4) is 0 Å². The maximum Gasteiger partial charge on any atom is 0.195 e. The quantitative estimate of drug-likeness (QED) is 0.758. The Kier molecular flexibility index (Phi) is 4.47.